The molecule has 0 unspecified atom stereocenters. The van der Waals surface area contributed by atoms with Crippen LogP contribution in [0.3, 0.4) is 0 Å². The summed E-state index contributed by atoms with van der Waals surface area (Å²) in [5.41, 5.74) is 3.77. The average Bonchev–Trinajstić information content (AvgIpc) is 3.29. The van der Waals surface area contributed by atoms with Crippen molar-refractivity contribution in [3.05, 3.63) is 59.2 Å². The van der Waals surface area contributed by atoms with Crippen LogP contribution in [0.5, 0.6) is 0 Å². The van der Waals surface area contributed by atoms with Crippen LogP contribution in [0.25, 0.3) is 0 Å². The molecule has 3 aliphatic rings. The largest absolute Gasteiger partial charge is 0.378 e. The Labute approximate surface area is 168 Å². The number of hydrogen-bond donors (Lipinski definition) is 0. The zero-order chi connectivity index (χ0) is 20.0. The summed E-state index contributed by atoms with van der Waals surface area (Å²) in [6.45, 7) is 3.35. The van der Waals surface area contributed by atoms with Crippen LogP contribution in [0, 0.1) is 0 Å². The Hall–Kier alpha value is -3.19. The van der Waals surface area contributed by atoms with Gasteiger partial charge >= 0.3 is 0 Å². The predicted octanol–water partition coefficient (Wildman–Crippen LogP) is 1.71. The third-order valence-corrected chi connectivity index (χ3v) is 5.81. The molecule has 0 radical (unpaired) electrons. The maximum atomic E-state index is 13.0. The van der Waals surface area contributed by atoms with Gasteiger partial charge in [-0.2, -0.15) is 0 Å². The third kappa shape index (κ3) is 2.98. The van der Waals surface area contributed by atoms with Crippen molar-refractivity contribution in [1.29, 1.82) is 0 Å². The first kappa shape index (κ1) is 17.9. The number of benzene rings is 2. The molecule has 1 saturated heterocycles. The second kappa shape index (κ2) is 7.00. The second-order valence-corrected chi connectivity index (χ2v) is 7.45. The SMILES string of the molecule is O=C1c2ccccc2C(=O)N1CC(=O)N1CCc2ccc(N3CCOCC3)cc21. The van der Waals surface area contributed by atoms with Crippen molar-refractivity contribution < 1.29 is 19.1 Å². The molecule has 3 heterocycles. The number of rotatable bonds is 3. The smallest absolute Gasteiger partial charge is 0.262 e. The van der Waals surface area contributed by atoms with Crippen molar-refractivity contribution in [2.75, 3.05) is 49.2 Å². The molecule has 29 heavy (non-hydrogen) atoms. The van der Waals surface area contributed by atoms with E-state index in [0.29, 0.717) is 30.9 Å². The van der Waals surface area contributed by atoms with Gasteiger partial charge in [-0.3, -0.25) is 19.3 Å². The van der Waals surface area contributed by atoms with Crippen LogP contribution in [0.15, 0.2) is 42.5 Å². The number of hydrogen-bond acceptors (Lipinski definition) is 5. The van der Waals surface area contributed by atoms with Gasteiger partial charge in [0.05, 0.1) is 24.3 Å². The van der Waals surface area contributed by atoms with E-state index in [2.05, 4.69) is 17.0 Å². The minimum absolute atomic E-state index is 0.239. The van der Waals surface area contributed by atoms with Crippen LogP contribution in [-0.4, -0.2) is 62.0 Å². The summed E-state index contributed by atoms with van der Waals surface area (Å²) in [6.07, 6.45) is 0.770. The number of nitrogens with zero attached hydrogens (tertiary/aromatic N) is 3. The van der Waals surface area contributed by atoms with E-state index in [-0.39, 0.29) is 12.5 Å². The Kier molecular flexibility index (Phi) is 4.32. The van der Waals surface area contributed by atoms with Gasteiger partial charge in [-0.15, -0.1) is 0 Å². The first-order valence-electron chi connectivity index (χ1n) is 9.85. The zero-order valence-electron chi connectivity index (χ0n) is 16.0. The van der Waals surface area contributed by atoms with Gasteiger partial charge in [-0.25, -0.2) is 0 Å². The molecule has 2 aromatic rings. The number of amides is 3. The molecule has 7 nitrogen and oxygen atoms in total. The molecule has 0 spiro atoms. The lowest BCUT2D eigenvalue weighted by molar-refractivity contribution is -0.118. The van der Waals surface area contributed by atoms with E-state index in [1.807, 2.05) is 6.07 Å². The number of fused-ring (bicyclic) bond motifs is 2. The lowest BCUT2D eigenvalue weighted by atomic mass is 10.1. The Morgan fingerprint density at radius 3 is 2.31 bits per heavy atom. The molecule has 0 bridgehead atoms. The van der Waals surface area contributed by atoms with Crippen LogP contribution in [0.1, 0.15) is 26.3 Å². The Morgan fingerprint density at radius 1 is 0.931 bits per heavy atom. The van der Waals surface area contributed by atoms with Crippen LogP contribution < -0.4 is 9.80 Å². The predicted molar refractivity (Wildman–Crippen MR) is 107 cm³/mol. The van der Waals surface area contributed by atoms with Crippen molar-refractivity contribution in [3.8, 4) is 0 Å². The first-order valence-corrected chi connectivity index (χ1v) is 9.85. The van der Waals surface area contributed by atoms with Gasteiger partial charge in [0.1, 0.15) is 6.54 Å². The normalized spacial score (nSPS) is 18.3. The monoisotopic (exact) mass is 391 g/mol. The zero-order valence-corrected chi connectivity index (χ0v) is 16.0. The summed E-state index contributed by atoms with van der Waals surface area (Å²) in [5, 5.41) is 0. The fourth-order valence-electron chi connectivity index (χ4n) is 4.25. The molecule has 0 atom stereocenters. The lowest BCUT2D eigenvalue weighted by Crippen LogP contribution is -2.42. The number of carbonyl (C=O) groups excluding carboxylic acids is 3. The van der Waals surface area contributed by atoms with Gasteiger partial charge in [0.15, 0.2) is 0 Å². The molecule has 3 aliphatic heterocycles. The summed E-state index contributed by atoms with van der Waals surface area (Å²) in [7, 11) is 0. The van der Waals surface area contributed by atoms with Gasteiger partial charge in [0.25, 0.3) is 11.8 Å². The van der Waals surface area contributed by atoms with Crippen LogP contribution in [0.2, 0.25) is 0 Å². The summed E-state index contributed by atoms with van der Waals surface area (Å²) in [4.78, 5) is 43.2. The van der Waals surface area contributed by atoms with Gasteiger partial charge in [-0.05, 0) is 36.2 Å². The van der Waals surface area contributed by atoms with E-state index >= 15 is 0 Å². The summed E-state index contributed by atoms with van der Waals surface area (Å²) in [6, 6.07) is 12.9. The average molecular weight is 391 g/mol. The number of carbonyl (C=O) groups is 3. The number of anilines is 2. The molecule has 3 amide bonds. The highest BCUT2D eigenvalue weighted by molar-refractivity contribution is 6.22. The summed E-state index contributed by atoms with van der Waals surface area (Å²) in [5.74, 6) is -1.04. The van der Waals surface area contributed by atoms with Crippen LogP contribution >= 0.6 is 0 Å². The molecule has 0 aliphatic carbocycles. The molecule has 0 aromatic heterocycles. The van der Waals surface area contributed by atoms with E-state index in [0.717, 1.165) is 41.3 Å². The third-order valence-electron chi connectivity index (χ3n) is 5.81. The van der Waals surface area contributed by atoms with Crippen LogP contribution in [0.4, 0.5) is 11.4 Å². The molecular weight excluding hydrogens is 370 g/mol. The van der Waals surface area contributed by atoms with Gasteiger partial charge in [0, 0.05) is 31.0 Å². The van der Waals surface area contributed by atoms with Crippen molar-refractivity contribution in [2.45, 2.75) is 6.42 Å². The Balaban J connectivity index is 1.36. The van der Waals surface area contributed by atoms with E-state index < -0.39 is 11.8 Å². The standard InChI is InChI=1S/C22H21N3O4/c26-20(14-25-21(27)17-3-1-2-4-18(17)22(25)28)24-8-7-15-5-6-16(13-19(15)24)23-9-11-29-12-10-23/h1-6,13H,7-12,14H2. The van der Waals surface area contributed by atoms with Crippen LogP contribution in [-0.2, 0) is 16.0 Å². The first-order chi connectivity index (χ1) is 14.1. The Morgan fingerprint density at radius 2 is 1.62 bits per heavy atom. The molecular formula is C22H21N3O4. The van der Waals surface area contributed by atoms with E-state index in [1.165, 1.54) is 0 Å². The molecule has 2 aromatic carbocycles. The minimum Gasteiger partial charge on any atom is -0.378 e. The van der Waals surface area contributed by atoms with Crippen molar-refractivity contribution in [3.63, 3.8) is 0 Å². The maximum Gasteiger partial charge on any atom is 0.262 e. The number of ether oxygens (including phenoxy) is 1. The van der Waals surface area contributed by atoms with Gasteiger partial charge < -0.3 is 14.5 Å². The number of morpholine rings is 1. The van der Waals surface area contributed by atoms with E-state index in [4.69, 9.17) is 4.74 Å². The Bertz CT molecular complexity index is 978. The highest BCUT2D eigenvalue weighted by Crippen LogP contribution is 2.33. The molecule has 1 fully saturated rings. The van der Waals surface area contributed by atoms with Crippen molar-refractivity contribution in [1.82, 2.24) is 4.90 Å². The van der Waals surface area contributed by atoms with Gasteiger partial charge in [-0.1, -0.05) is 18.2 Å². The van der Waals surface area contributed by atoms with Gasteiger partial charge in [0.2, 0.25) is 5.91 Å². The highest BCUT2D eigenvalue weighted by atomic mass is 16.5. The molecule has 7 heteroatoms. The lowest BCUT2D eigenvalue weighted by Gasteiger charge is -2.30. The minimum atomic E-state index is -0.402. The summed E-state index contributed by atoms with van der Waals surface area (Å²) >= 11 is 0. The fraction of sp³-hybridized carbons (Fsp3) is 0.318. The maximum absolute atomic E-state index is 13.0. The highest BCUT2D eigenvalue weighted by Gasteiger charge is 2.38. The molecule has 148 valence electrons. The fourth-order valence-corrected chi connectivity index (χ4v) is 4.25. The molecule has 5 rings (SSSR count). The molecule has 0 N–H and O–H groups in total. The summed E-state index contributed by atoms with van der Waals surface area (Å²) < 4.78 is 5.42. The molecule has 0 saturated carbocycles. The number of imide groups is 1. The van der Waals surface area contributed by atoms with E-state index in [9.17, 15) is 14.4 Å². The second-order valence-electron chi connectivity index (χ2n) is 7.45. The topological polar surface area (TPSA) is 70.2 Å². The van der Waals surface area contributed by atoms with Crippen molar-refractivity contribution in [2.24, 2.45) is 0 Å². The van der Waals surface area contributed by atoms with E-state index in [1.54, 1.807) is 29.2 Å². The van der Waals surface area contributed by atoms with Crippen molar-refractivity contribution >= 4 is 29.1 Å². The quantitative estimate of drug-likeness (QED) is 0.745.